The van der Waals surface area contributed by atoms with Gasteiger partial charge in [0.15, 0.2) is 11.5 Å². The van der Waals surface area contributed by atoms with Crippen molar-refractivity contribution in [2.75, 3.05) is 20.8 Å². The van der Waals surface area contributed by atoms with Crippen molar-refractivity contribution in [3.8, 4) is 11.5 Å². The summed E-state index contributed by atoms with van der Waals surface area (Å²) in [6, 6.07) is 22.5. The predicted octanol–water partition coefficient (Wildman–Crippen LogP) is 5.30. The van der Waals surface area contributed by atoms with Gasteiger partial charge in [-0.1, -0.05) is 63.2 Å². The first-order valence-electron chi connectivity index (χ1n) is 12.3. The molecule has 6 heteroatoms. The van der Waals surface area contributed by atoms with E-state index in [0.29, 0.717) is 24.5 Å². The normalized spacial score (nSPS) is 11.5. The molecule has 0 aliphatic rings. The maximum absolute atomic E-state index is 12.6. The van der Waals surface area contributed by atoms with Crippen LogP contribution in [0.25, 0.3) is 11.0 Å². The van der Waals surface area contributed by atoms with E-state index < -0.39 is 0 Å². The van der Waals surface area contributed by atoms with E-state index in [1.165, 1.54) is 11.1 Å². The van der Waals surface area contributed by atoms with E-state index in [2.05, 4.69) is 61.0 Å². The molecule has 0 saturated carbocycles. The van der Waals surface area contributed by atoms with Crippen LogP contribution < -0.4 is 14.8 Å². The number of nitrogens with one attached hydrogen (secondary N) is 1. The molecule has 4 rings (SSSR count). The Balaban J connectivity index is 1.44. The Morgan fingerprint density at radius 3 is 2.31 bits per heavy atom. The molecule has 0 atom stereocenters. The highest BCUT2D eigenvalue weighted by molar-refractivity contribution is 5.79. The zero-order chi connectivity index (χ0) is 25.7. The Kier molecular flexibility index (Phi) is 7.63. The molecule has 36 heavy (non-hydrogen) atoms. The molecule has 0 bridgehead atoms. The van der Waals surface area contributed by atoms with Crippen molar-refractivity contribution in [1.82, 2.24) is 14.9 Å². The van der Waals surface area contributed by atoms with E-state index >= 15 is 0 Å². The number of carbonyl (C=O) groups excluding carboxylic acids is 1. The number of fused-ring (bicyclic) bond motifs is 1. The number of hydrogen-bond donors (Lipinski definition) is 1. The number of benzene rings is 3. The summed E-state index contributed by atoms with van der Waals surface area (Å²) in [5.74, 6) is 2.19. The molecule has 1 heterocycles. The largest absolute Gasteiger partial charge is 0.493 e. The summed E-state index contributed by atoms with van der Waals surface area (Å²) in [7, 11) is 3.19. The summed E-state index contributed by atoms with van der Waals surface area (Å²) in [6.45, 7) is 7.92. The lowest BCUT2D eigenvalue weighted by atomic mass is 9.87. The standard InChI is InChI=1S/C30H35N3O3/c1-30(2,3)23-13-10-21(11-14-23)20-33-25-9-7-6-8-24(25)32-28(33)16-17-31-29(34)19-22-12-15-26(35-4)27(18-22)36-5/h6-15,18H,16-17,19-20H2,1-5H3,(H,31,34). The first kappa shape index (κ1) is 25.3. The topological polar surface area (TPSA) is 65.4 Å². The van der Waals surface area contributed by atoms with Crippen molar-refractivity contribution in [2.24, 2.45) is 0 Å². The van der Waals surface area contributed by atoms with Crippen LogP contribution in [0.5, 0.6) is 11.5 Å². The minimum atomic E-state index is -0.0392. The van der Waals surface area contributed by atoms with Crippen molar-refractivity contribution in [2.45, 2.75) is 45.6 Å². The van der Waals surface area contributed by atoms with E-state index in [1.54, 1.807) is 14.2 Å². The van der Waals surface area contributed by atoms with Gasteiger partial charge in [0.1, 0.15) is 5.82 Å². The first-order valence-corrected chi connectivity index (χ1v) is 12.3. The molecule has 6 nitrogen and oxygen atoms in total. The van der Waals surface area contributed by atoms with Gasteiger partial charge < -0.3 is 19.4 Å². The minimum absolute atomic E-state index is 0.0392. The van der Waals surface area contributed by atoms with Crippen LogP contribution in [0.2, 0.25) is 0 Å². The lowest BCUT2D eigenvalue weighted by Crippen LogP contribution is -2.28. The molecule has 3 aromatic carbocycles. The number of rotatable bonds is 9. The second kappa shape index (κ2) is 10.9. The Morgan fingerprint density at radius 1 is 0.917 bits per heavy atom. The molecule has 0 radical (unpaired) electrons. The third-order valence-corrected chi connectivity index (χ3v) is 6.38. The predicted molar refractivity (Wildman–Crippen MR) is 144 cm³/mol. The number of methoxy groups -OCH3 is 2. The van der Waals surface area contributed by atoms with E-state index in [4.69, 9.17) is 14.5 Å². The summed E-state index contributed by atoms with van der Waals surface area (Å²) in [5, 5.41) is 3.04. The molecule has 0 spiro atoms. The Morgan fingerprint density at radius 2 is 1.61 bits per heavy atom. The molecule has 1 amide bonds. The van der Waals surface area contributed by atoms with Crippen LogP contribution in [-0.2, 0) is 29.6 Å². The number of aromatic nitrogens is 2. The van der Waals surface area contributed by atoms with Gasteiger partial charge in [-0.15, -0.1) is 0 Å². The SMILES string of the molecule is COc1ccc(CC(=O)NCCc2nc3ccccc3n2Cc2ccc(C(C)(C)C)cc2)cc1OC. The van der Waals surface area contributed by atoms with Gasteiger partial charge in [-0.2, -0.15) is 0 Å². The van der Waals surface area contributed by atoms with Gasteiger partial charge in [-0.3, -0.25) is 4.79 Å². The number of nitrogens with zero attached hydrogens (tertiary/aromatic N) is 2. The summed E-state index contributed by atoms with van der Waals surface area (Å²) >= 11 is 0. The van der Waals surface area contributed by atoms with Crippen LogP contribution in [0.3, 0.4) is 0 Å². The smallest absolute Gasteiger partial charge is 0.224 e. The minimum Gasteiger partial charge on any atom is -0.493 e. The Hall–Kier alpha value is -3.80. The first-order chi connectivity index (χ1) is 17.3. The lowest BCUT2D eigenvalue weighted by Gasteiger charge is -2.19. The molecule has 0 fully saturated rings. The number of carbonyl (C=O) groups is 1. The summed E-state index contributed by atoms with van der Waals surface area (Å²) in [5.41, 5.74) is 5.61. The second-order valence-electron chi connectivity index (χ2n) is 10.0. The highest BCUT2D eigenvalue weighted by atomic mass is 16.5. The van der Waals surface area contributed by atoms with Gasteiger partial charge in [-0.05, 0) is 46.4 Å². The summed E-state index contributed by atoms with van der Waals surface area (Å²) < 4.78 is 12.9. The summed E-state index contributed by atoms with van der Waals surface area (Å²) in [6.07, 6.45) is 0.920. The third kappa shape index (κ3) is 5.88. The van der Waals surface area contributed by atoms with Gasteiger partial charge in [0.05, 0.1) is 31.7 Å². The van der Waals surface area contributed by atoms with Gasteiger partial charge in [-0.25, -0.2) is 4.98 Å². The zero-order valence-corrected chi connectivity index (χ0v) is 21.8. The average Bonchev–Trinajstić information content (AvgIpc) is 3.20. The number of amides is 1. The third-order valence-electron chi connectivity index (χ3n) is 6.38. The zero-order valence-electron chi connectivity index (χ0n) is 21.8. The van der Waals surface area contributed by atoms with Crippen molar-refractivity contribution >= 4 is 16.9 Å². The van der Waals surface area contributed by atoms with Crippen LogP contribution in [-0.4, -0.2) is 36.2 Å². The molecule has 0 saturated heterocycles. The molecule has 1 aromatic heterocycles. The molecule has 0 aliphatic carbocycles. The molecule has 1 N–H and O–H groups in total. The molecule has 0 unspecified atom stereocenters. The molecule has 188 valence electrons. The molecule has 0 aliphatic heterocycles. The number of imidazole rings is 1. The van der Waals surface area contributed by atoms with Gasteiger partial charge in [0.2, 0.25) is 5.91 Å². The monoisotopic (exact) mass is 485 g/mol. The van der Waals surface area contributed by atoms with Crippen LogP contribution in [0.15, 0.2) is 66.7 Å². The fourth-order valence-electron chi connectivity index (χ4n) is 4.34. The quantitative estimate of drug-likeness (QED) is 0.349. The number of para-hydroxylation sites is 2. The fraction of sp³-hybridized carbons (Fsp3) is 0.333. The second-order valence-corrected chi connectivity index (χ2v) is 10.0. The van der Waals surface area contributed by atoms with Crippen LogP contribution >= 0.6 is 0 Å². The van der Waals surface area contributed by atoms with E-state index in [0.717, 1.165) is 29.0 Å². The fourth-order valence-corrected chi connectivity index (χ4v) is 4.34. The van der Waals surface area contributed by atoms with Crippen molar-refractivity contribution in [3.63, 3.8) is 0 Å². The van der Waals surface area contributed by atoms with Crippen LogP contribution in [0.1, 0.15) is 43.3 Å². The highest BCUT2D eigenvalue weighted by Gasteiger charge is 2.15. The average molecular weight is 486 g/mol. The number of ether oxygens (including phenoxy) is 2. The maximum Gasteiger partial charge on any atom is 0.224 e. The lowest BCUT2D eigenvalue weighted by molar-refractivity contribution is -0.120. The van der Waals surface area contributed by atoms with Crippen molar-refractivity contribution in [1.29, 1.82) is 0 Å². The van der Waals surface area contributed by atoms with Gasteiger partial charge in [0.25, 0.3) is 0 Å². The van der Waals surface area contributed by atoms with Crippen LogP contribution in [0.4, 0.5) is 0 Å². The van der Waals surface area contributed by atoms with Crippen molar-refractivity contribution in [3.05, 3.63) is 89.2 Å². The molecular weight excluding hydrogens is 450 g/mol. The van der Waals surface area contributed by atoms with Crippen molar-refractivity contribution < 1.29 is 14.3 Å². The number of hydrogen-bond acceptors (Lipinski definition) is 4. The summed E-state index contributed by atoms with van der Waals surface area (Å²) in [4.78, 5) is 17.5. The van der Waals surface area contributed by atoms with E-state index in [-0.39, 0.29) is 17.7 Å². The van der Waals surface area contributed by atoms with Gasteiger partial charge in [0, 0.05) is 19.5 Å². The maximum atomic E-state index is 12.6. The molecular formula is C30H35N3O3. The highest BCUT2D eigenvalue weighted by Crippen LogP contribution is 2.28. The van der Waals surface area contributed by atoms with Crippen LogP contribution in [0, 0.1) is 0 Å². The van der Waals surface area contributed by atoms with E-state index in [9.17, 15) is 4.79 Å². The van der Waals surface area contributed by atoms with E-state index in [1.807, 2.05) is 36.4 Å². The molecule has 4 aromatic rings. The van der Waals surface area contributed by atoms with Gasteiger partial charge >= 0.3 is 0 Å². The Labute approximate surface area is 213 Å². The Bertz CT molecular complexity index is 1330.